The van der Waals surface area contributed by atoms with E-state index in [0.717, 1.165) is 25.7 Å². The SMILES string of the molecule is Cc1ccc(Cn2nc(C#N)c3cc(/C=C4\SC(N5CCN(C)C(C)(C)C5)=NC4=O)ccc32)c(C(F)(F)F)c1. The van der Waals surface area contributed by atoms with Crippen LogP contribution in [0.2, 0.25) is 0 Å². The van der Waals surface area contributed by atoms with Crippen molar-refractivity contribution in [3.63, 3.8) is 0 Å². The van der Waals surface area contributed by atoms with Gasteiger partial charge in [-0.1, -0.05) is 23.8 Å². The average Bonchev–Trinajstić information content (AvgIpc) is 3.40. The molecule has 2 aliphatic heterocycles. The van der Waals surface area contributed by atoms with Crippen LogP contribution >= 0.6 is 11.8 Å². The summed E-state index contributed by atoms with van der Waals surface area (Å²) in [5.74, 6) is -0.318. The Morgan fingerprint density at radius 3 is 2.64 bits per heavy atom. The normalized spacial score (nSPS) is 19.1. The second-order valence-corrected chi connectivity index (χ2v) is 11.5. The molecule has 7 nitrogen and oxygen atoms in total. The highest BCUT2D eigenvalue weighted by Crippen LogP contribution is 2.35. The molecule has 5 rings (SSSR count). The molecule has 1 saturated heterocycles. The standard InChI is InChI=1S/C28H27F3N6OS/c1-17-5-7-19(21(11-17)28(29,30)31)15-37-23-8-6-18(12-20(23)22(14-32)34-37)13-24-25(38)33-26(39-24)36-10-9-35(4)27(2,3)16-36/h5-8,11-13H,9-10,15-16H2,1-4H3/b24-13-. The molecular formula is C28H27F3N6OS. The highest BCUT2D eigenvalue weighted by atomic mass is 32.2. The first-order valence-electron chi connectivity index (χ1n) is 12.4. The van der Waals surface area contributed by atoms with Crippen molar-refractivity contribution in [2.45, 2.75) is 39.0 Å². The summed E-state index contributed by atoms with van der Waals surface area (Å²) >= 11 is 1.33. The minimum absolute atomic E-state index is 0.0465. The van der Waals surface area contributed by atoms with Gasteiger partial charge in [0.2, 0.25) is 0 Å². The summed E-state index contributed by atoms with van der Waals surface area (Å²) in [5.41, 5.74) is 1.12. The summed E-state index contributed by atoms with van der Waals surface area (Å²) in [6.45, 7) is 8.18. The zero-order valence-corrected chi connectivity index (χ0v) is 22.8. The van der Waals surface area contributed by atoms with Crippen LogP contribution in [0, 0.1) is 18.3 Å². The molecule has 39 heavy (non-hydrogen) atoms. The molecule has 0 radical (unpaired) electrons. The lowest BCUT2D eigenvalue weighted by molar-refractivity contribution is -0.138. The van der Waals surface area contributed by atoms with Gasteiger partial charge in [-0.25, -0.2) is 0 Å². The average molecular weight is 553 g/mol. The molecular weight excluding hydrogens is 525 g/mol. The molecule has 11 heteroatoms. The van der Waals surface area contributed by atoms with Crippen molar-refractivity contribution in [3.05, 3.63) is 69.3 Å². The van der Waals surface area contributed by atoms with Gasteiger partial charge in [-0.05, 0) is 75.0 Å². The summed E-state index contributed by atoms with van der Waals surface area (Å²) in [7, 11) is 2.08. The molecule has 3 aromatic rings. The van der Waals surface area contributed by atoms with Crippen molar-refractivity contribution in [1.29, 1.82) is 5.26 Å². The number of thioether (sulfide) groups is 1. The third-order valence-corrected chi connectivity index (χ3v) is 8.31. The molecule has 0 spiro atoms. The smallest absolute Gasteiger partial charge is 0.348 e. The predicted molar refractivity (Wildman–Crippen MR) is 146 cm³/mol. The molecule has 0 bridgehead atoms. The Bertz CT molecular complexity index is 1580. The Morgan fingerprint density at radius 2 is 1.95 bits per heavy atom. The number of nitrogens with zero attached hydrogens (tertiary/aromatic N) is 6. The van der Waals surface area contributed by atoms with Crippen LogP contribution in [0.3, 0.4) is 0 Å². The topological polar surface area (TPSA) is 77.5 Å². The molecule has 2 aliphatic rings. The lowest BCUT2D eigenvalue weighted by Crippen LogP contribution is -2.58. The number of aryl methyl sites for hydroxylation is 1. The first kappa shape index (κ1) is 27.0. The number of likely N-dealkylation sites (N-methyl/N-ethyl adjacent to an activating group) is 1. The van der Waals surface area contributed by atoms with E-state index in [9.17, 15) is 23.2 Å². The first-order chi connectivity index (χ1) is 18.4. The minimum Gasteiger partial charge on any atom is -0.348 e. The molecule has 1 fully saturated rings. The molecule has 3 heterocycles. The van der Waals surface area contributed by atoms with Crippen LogP contribution in [-0.2, 0) is 17.5 Å². The van der Waals surface area contributed by atoms with Gasteiger partial charge in [-0.3, -0.25) is 14.4 Å². The van der Waals surface area contributed by atoms with Gasteiger partial charge in [-0.2, -0.15) is 28.5 Å². The lowest BCUT2D eigenvalue weighted by Gasteiger charge is -2.45. The predicted octanol–water partition coefficient (Wildman–Crippen LogP) is 5.28. The van der Waals surface area contributed by atoms with Crippen molar-refractivity contribution in [1.82, 2.24) is 19.6 Å². The monoisotopic (exact) mass is 552 g/mol. The van der Waals surface area contributed by atoms with Crippen molar-refractivity contribution >= 4 is 39.8 Å². The summed E-state index contributed by atoms with van der Waals surface area (Å²) in [5, 5.41) is 15.2. The molecule has 0 N–H and O–H groups in total. The second-order valence-electron chi connectivity index (χ2n) is 10.5. The number of carbonyl (C=O) groups excluding carboxylic acids is 1. The number of halogens is 3. The van der Waals surface area contributed by atoms with Gasteiger partial charge in [0.15, 0.2) is 10.9 Å². The Kier molecular flexibility index (Phi) is 6.81. The number of carbonyl (C=O) groups is 1. The van der Waals surface area contributed by atoms with Crippen molar-refractivity contribution < 1.29 is 18.0 Å². The summed E-state index contributed by atoms with van der Waals surface area (Å²) in [6, 6.07) is 11.4. The number of aliphatic imine (C=N–C) groups is 1. The highest BCUT2D eigenvalue weighted by Gasteiger charge is 2.36. The van der Waals surface area contributed by atoms with E-state index in [1.807, 2.05) is 6.07 Å². The number of piperazine rings is 1. The zero-order chi connectivity index (χ0) is 28.1. The van der Waals surface area contributed by atoms with E-state index in [1.54, 1.807) is 37.3 Å². The maximum absolute atomic E-state index is 13.7. The van der Waals surface area contributed by atoms with Crippen LogP contribution in [0.25, 0.3) is 17.0 Å². The number of benzene rings is 2. The maximum Gasteiger partial charge on any atom is 0.416 e. The minimum atomic E-state index is -4.51. The zero-order valence-electron chi connectivity index (χ0n) is 22.0. The van der Waals surface area contributed by atoms with Gasteiger partial charge < -0.3 is 4.90 Å². The van der Waals surface area contributed by atoms with Gasteiger partial charge in [0.25, 0.3) is 5.91 Å². The fourth-order valence-electron chi connectivity index (χ4n) is 4.83. The third kappa shape index (κ3) is 5.31. The highest BCUT2D eigenvalue weighted by molar-refractivity contribution is 8.18. The van der Waals surface area contributed by atoms with Crippen LogP contribution < -0.4 is 0 Å². The van der Waals surface area contributed by atoms with Crippen LogP contribution in [0.4, 0.5) is 13.2 Å². The molecule has 0 aliphatic carbocycles. The molecule has 1 amide bonds. The van der Waals surface area contributed by atoms with E-state index in [2.05, 4.69) is 40.8 Å². The lowest BCUT2D eigenvalue weighted by atomic mass is 10.0. The number of rotatable bonds is 3. The third-order valence-electron chi connectivity index (χ3n) is 7.27. The number of amidine groups is 1. The Hall–Kier alpha value is -3.62. The van der Waals surface area contributed by atoms with Crippen LogP contribution in [-0.4, -0.2) is 62.9 Å². The van der Waals surface area contributed by atoms with E-state index in [4.69, 9.17) is 0 Å². The summed E-state index contributed by atoms with van der Waals surface area (Å²) in [6.07, 6.45) is -2.78. The number of alkyl halides is 3. The van der Waals surface area contributed by atoms with Crippen molar-refractivity contribution in [2.75, 3.05) is 26.7 Å². The van der Waals surface area contributed by atoms with E-state index in [1.165, 1.54) is 22.5 Å². The maximum atomic E-state index is 13.7. The van der Waals surface area contributed by atoms with E-state index < -0.39 is 11.7 Å². The fraction of sp³-hybridized carbons (Fsp3) is 0.357. The van der Waals surface area contributed by atoms with Gasteiger partial charge in [0.05, 0.1) is 22.5 Å². The van der Waals surface area contributed by atoms with Crippen LogP contribution in [0.1, 0.15) is 41.8 Å². The van der Waals surface area contributed by atoms with Gasteiger partial charge in [0, 0.05) is 30.6 Å². The van der Waals surface area contributed by atoms with Crippen molar-refractivity contribution in [2.24, 2.45) is 4.99 Å². The molecule has 2 aromatic carbocycles. The van der Waals surface area contributed by atoms with Crippen LogP contribution in [0.5, 0.6) is 0 Å². The first-order valence-corrected chi connectivity index (χ1v) is 13.2. The molecule has 0 unspecified atom stereocenters. The molecule has 0 saturated carbocycles. The van der Waals surface area contributed by atoms with E-state index >= 15 is 0 Å². The van der Waals surface area contributed by atoms with E-state index in [0.29, 0.717) is 32.1 Å². The molecule has 202 valence electrons. The number of nitriles is 1. The summed E-state index contributed by atoms with van der Waals surface area (Å²) < 4.78 is 42.4. The largest absolute Gasteiger partial charge is 0.416 e. The van der Waals surface area contributed by atoms with Crippen molar-refractivity contribution in [3.8, 4) is 6.07 Å². The second kappa shape index (κ2) is 9.84. The van der Waals surface area contributed by atoms with Crippen LogP contribution in [0.15, 0.2) is 46.3 Å². The molecule has 0 atom stereocenters. The van der Waals surface area contributed by atoms with Gasteiger partial charge in [0.1, 0.15) is 6.07 Å². The Labute approximate surface area is 228 Å². The number of amides is 1. The Balaban J connectivity index is 1.42. The summed E-state index contributed by atoms with van der Waals surface area (Å²) in [4.78, 5) is 21.9. The number of hydrogen-bond acceptors (Lipinski definition) is 6. The quantitative estimate of drug-likeness (QED) is 0.412. The van der Waals surface area contributed by atoms with E-state index in [-0.39, 0.29) is 29.2 Å². The number of aromatic nitrogens is 2. The van der Waals surface area contributed by atoms with Gasteiger partial charge >= 0.3 is 6.18 Å². The van der Waals surface area contributed by atoms with Gasteiger partial charge in [-0.15, -0.1) is 0 Å². The Morgan fingerprint density at radius 1 is 1.18 bits per heavy atom. The number of hydrogen-bond donors (Lipinski definition) is 0. The molecule has 1 aromatic heterocycles. The number of fused-ring (bicyclic) bond motifs is 1. The fourth-order valence-corrected chi connectivity index (χ4v) is 5.77.